The summed E-state index contributed by atoms with van der Waals surface area (Å²) in [5, 5.41) is 3.50. The van der Waals surface area contributed by atoms with Gasteiger partial charge in [0.05, 0.1) is 6.10 Å². The molecule has 1 N–H and O–H groups in total. The van der Waals surface area contributed by atoms with Gasteiger partial charge in [-0.15, -0.1) is 0 Å². The van der Waals surface area contributed by atoms with E-state index in [0.29, 0.717) is 0 Å². The lowest BCUT2D eigenvalue weighted by Gasteiger charge is -2.13. The van der Waals surface area contributed by atoms with Crippen LogP contribution in [0.2, 0.25) is 0 Å². The maximum atomic E-state index is 5.79. The molecule has 0 amide bonds. The summed E-state index contributed by atoms with van der Waals surface area (Å²) < 4.78 is 5.79. The van der Waals surface area contributed by atoms with Crippen LogP contribution < -0.4 is 10.1 Å². The highest BCUT2D eigenvalue weighted by molar-refractivity contribution is 5.27. The van der Waals surface area contributed by atoms with E-state index < -0.39 is 0 Å². The molecule has 1 unspecified atom stereocenters. The third-order valence-electron chi connectivity index (χ3n) is 3.83. The van der Waals surface area contributed by atoms with Gasteiger partial charge < -0.3 is 10.1 Å². The molecule has 0 heterocycles. The summed E-state index contributed by atoms with van der Waals surface area (Å²) in [6.45, 7) is 6.19. The van der Waals surface area contributed by atoms with Gasteiger partial charge in [-0.05, 0) is 56.0 Å². The quantitative estimate of drug-likeness (QED) is 0.684. The molecule has 0 bridgehead atoms. The molecule has 2 rings (SSSR count). The first-order chi connectivity index (χ1) is 10.8. The summed E-state index contributed by atoms with van der Waals surface area (Å²) in [6.07, 6.45) is 3.61. The van der Waals surface area contributed by atoms with Crippen LogP contribution in [0.25, 0.3) is 0 Å². The van der Waals surface area contributed by atoms with Gasteiger partial charge in [-0.2, -0.15) is 0 Å². The maximum Gasteiger partial charge on any atom is 0.119 e. The molecular weight excluding hydrogens is 270 g/mol. The van der Waals surface area contributed by atoms with E-state index in [4.69, 9.17) is 4.74 Å². The van der Waals surface area contributed by atoms with Gasteiger partial charge in [0, 0.05) is 6.54 Å². The first-order valence-corrected chi connectivity index (χ1v) is 8.28. The van der Waals surface area contributed by atoms with Gasteiger partial charge in [-0.3, -0.25) is 0 Å². The van der Waals surface area contributed by atoms with Crippen molar-refractivity contribution in [3.8, 4) is 5.75 Å². The predicted octanol–water partition coefficient (Wildman–Crippen LogP) is 4.59. The van der Waals surface area contributed by atoms with E-state index in [1.807, 2.05) is 0 Å². The average Bonchev–Trinajstić information content (AvgIpc) is 2.57. The molecule has 2 nitrogen and oxygen atoms in total. The van der Waals surface area contributed by atoms with Crippen LogP contribution in [0.1, 0.15) is 37.8 Å². The topological polar surface area (TPSA) is 21.3 Å². The van der Waals surface area contributed by atoms with Crippen molar-refractivity contribution in [1.29, 1.82) is 0 Å². The summed E-state index contributed by atoms with van der Waals surface area (Å²) in [5.74, 6) is 0.960. The molecule has 0 aliphatic rings. The number of hydrogen-bond acceptors (Lipinski definition) is 2. The molecule has 1 atom stereocenters. The highest BCUT2D eigenvalue weighted by Gasteiger charge is 2.01. The van der Waals surface area contributed by atoms with Crippen LogP contribution in [0.3, 0.4) is 0 Å². The lowest BCUT2D eigenvalue weighted by Crippen LogP contribution is -2.15. The Kier molecular flexibility index (Phi) is 6.98. The lowest BCUT2D eigenvalue weighted by atomic mass is 10.1. The zero-order valence-electron chi connectivity index (χ0n) is 13.7. The Labute approximate surface area is 134 Å². The smallest absolute Gasteiger partial charge is 0.119 e. The molecular formula is C20H27NO. The third-order valence-corrected chi connectivity index (χ3v) is 3.83. The number of aryl methyl sites for hydroxylation is 1. The van der Waals surface area contributed by atoms with Crippen LogP contribution in [0.5, 0.6) is 5.75 Å². The first-order valence-electron chi connectivity index (χ1n) is 8.28. The first kappa shape index (κ1) is 16.6. The van der Waals surface area contributed by atoms with Crippen molar-refractivity contribution in [1.82, 2.24) is 5.32 Å². The molecule has 2 aromatic rings. The fourth-order valence-electron chi connectivity index (χ4n) is 2.30. The zero-order valence-corrected chi connectivity index (χ0v) is 13.7. The van der Waals surface area contributed by atoms with Crippen LogP contribution in [-0.4, -0.2) is 12.6 Å². The van der Waals surface area contributed by atoms with Crippen molar-refractivity contribution in [3.05, 3.63) is 65.7 Å². The SMILES string of the molecule is CCC(C)Oc1ccc(CNCCCc2ccccc2)cc1. The fraction of sp³-hybridized carbons (Fsp3) is 0.400. The molecule has 2 aromatic carbocycles. The van der Waals surface area contributed by atoms with E-state index in [0.717, 1.165) is 31.7 Å². The highest BCUT2D eigenvalue weighted by atomic mass is 16.5. The highest BCUT2D eigenvalue weighted by Crippen LogP contribution is 2.14. The summed E-state index contributed by atoms with van der Waals surface area (Å²) in [6, 6.07) is 19.1. The maximum absolute atomic E-state index is 5.79. The molecule has 22 heavy (non-hydrogen) atoms. The summed E-state index contributed by atoms with van der Waals surface area (Å²) in [4.78, 5) is 0. The van der Waals surface area contributed by atoms with E-state index in [9.17, 15) is 0 Å². The Bertz CT molecular complexity index is 521. The van der Waals surface area contributed by atoms with Crippen molar-refractivity contribution in [2.45, 2.75) is 45.8 Å². The van der Waals surface area contributed by atoms with Crippen molar-refractivity contribution < 1.29 is 4.74 Å². The van der Waals surface area contributed by atoms with E-state index in [-0.39, 0.29) is 6.10 Å². The molecule has 118 valence electrons. The van der Waals surface area contributed by atoms with Gasteiger partial charge in [0.15, 0.2) is 0 Å². The van der Waals surface area contributed by atoms with Crippen LogP contribution >= 0.6 is 0 Å². The van der Waals surface area contributed by atoms with E-state index >= 15 is 0 Å². The molecule has 0 fully saturated rings. The Morgan fingerprint density at radius 3 is 2.36 bits per heavy atom. The second-order valence-electron chi connectivity index (χ2n) is 5.75. The van der Waals surface area contributed by atoms with Crippen LogP contribution in [0.4, 0.5) is 0 Å². The van der Waals surface area contributed by atoms with Gasteiger partial charge in [-0.1, -0.05) is 49.4 Å². The Morgan fingerprint density at radius 2 is 1.68 bits per heavy atom. The Hall–Kier alpha value is -1.80. The van der Waals surface area contributed by atoms with E-state index in [1.165, 1.54) is 17.5 Å². The van der Waals surface area contributed by atoms with Gasteiger partial charge in [0.1, 0.15) is 5.75 Å². The monoisotopic (exact) mass is 297 g/mol. The summed E-state index contributed by atoms with van der Waals surface area (Å²) in [7, 11) is 0. The number of nitrogens with one attached hydrogen (secondary N) is 1. The number of benzene rings is 2. The molecule has 2 heteroatoms. The van der Waals surface area contributed by atoms with Crippen molar-refractivity contribution in [3.63, 3.8) is 0 Å². The van der Waals surface area contributed by atoms with Gasteiger partial charge in [0.2, 0.25) is 0 Å². The minimum atomic E-state index is 0.280. The molecule has 0 saturated carbocycles. The molecule has 0 aromatic heterocycles. The van der Waals surface area contributed by atoms with Gasteiger partial charge in [0.25, 0.3) is 0 Å². The zero-order chi connectivity index (χ0) is 15.6. The molecule has 0 radical (unpaired) electrons. The summed E-state index contributed by atoms with van der Waals surface area (Å²) >= 11 is 0. The Morgan fingerprint density at radius 1 is 0.955 bits per heavy atom. The third kappa shape index (κ3) is 5.90. The van der Waals surface area contributed by atoms with Crippen molar-refractivity contribution in [2.75, 3.05) is 6.54 Å². The van der Waals surface area contributed by atoms with Crippen molar-refractivity contribution in [2.24, 2.45) is 0 Å². The largest absolute Gasteiger partial charge is 0.491 e. The number of rotatable bonds is 9. The second kappa shape index (κ2) is 9.26. The van der Waals surface area contributed by atoms with Crippen LogP contribution in [0, 0.1) is 0 Å². The summed E-state index contributed by atoms with van der Waals surface area (Å²) in [5.41, 5.74) is 2.71. The number of ether oxygens (including phenoxy) is 1. The molecule has 0 aliphatic heterocycles. The van der Waals surface area contributed by atoms with Gasteiger partial charge in [-0.25, -0.2) is 0 Å². The number of hydrogen-bond donors (Lipinski definition) is 1. The molecule has 0 aliphatic carbocycles. The van der Waals surface area contributed by atoms with Gasteiger partial charge >= 0.3 is 0 Å². The molecule has 0 saturated heterocycles. The lowest BCUT2D eigenvalue weighted by molar-refractivity contribution is 0.217. The van der Waals surface area contributed by atoms with E-state index in [2.05, 4.69) is 73.8 Å². The van der Waals surface area contributed by atoms with Crippen molar-refractivity contribution >= 4 is 0 Å². The average molecular weight is 297 g/mol. The second-order valence-corrected chi connectivity index (χ2v) is 5.75. The standard InChI is InChI=1S/C20H27NO/c1-3-17(2)22-20-13-11-19(12-14-20)16-21-15-7-10-18-8-5-4-6-9-18/h4-6,8-9,11-14,17,21H,3,7,10,15-16H2,1-2H3. The predicted molar refractivity (Wildman–Crippen MR) is 93.3 cm³/mol. The molecule has 0 spiro atoms. The van der Waals surface area contributed by atoms with Crippen LogP contribution in [-0.2, 0) is 13.0 Å². The normalized spacial score (nSPS) is 12.1. The fourth-order valence-corrected chi connectivity index (χ4v) is 2.30. The van der Waals surface area contributed by atoms with Crippen LogP contribution in [0.15, 0.2) is 54.6 Å². The minimum Gasteiger partial charge on any atom is -0.491 e. The van der Waals surface area contributed by atoms with E-state index in [1.54, 1.807) is 0 Å². The minimum absolute atomic E-state index is 0.280. The Balaban J connectivity index is 1.64.